The molecule has 0 spiro atoms. The van der Waals surface area contributed by atoms with Crippen LogP contribution in [0.25, 0.3) is 0 Å². The average Bonchev–Trinajstić information content (AvgIpc) is 2.52. The lowest BCUT2D eigenvalue weighted by Gasteiger charge is -2.17. The highest BCUT2D eigenvalue weighted by atomic mass is 35.5. The van der Waals surface area contributed by atoms with Crippen molar-refractivity contribution in [1.82, 2.24) is 9.97 Å². The largest absolute Gasteiger partial charge is 0.493 e. The Morgan fingerprint density at radius 2 is 1.64 bits per heavy atom. The summed E-state index contributed by atoms with van der Waals surface area (Å²) in [5.41, 5.74) is 0.808. The molecule has 0 aliphatic heterocycles. The lowest BCUT2D eigenvalue weighted by molar-refractivity contribution is 0.217. The van der Waals surface area contributed by atoms with Crippen molar-refractivity contribution in [1.29, 1.82) is 0 Å². The molecule has 8 heteroatoms. The first-order valence-electron chi connectivity index (χ1n) is 6.17. The molecule has 0 radical (unpaired) electrons. The third-order valence-electron chi connectivity index (χ3n) is 3.04. The molecule has 1 aromatic carbocycles. The summed E-state index contributed by atoms with van der Waals surface area (Å²) < 4.78 is 15.7. The molecule has 2 rings (SSSR count). The Bertz CT molecular complexity index is 657. The Morgan fingerprint density at radius 1 is 1.05 bits per heavy atom. The Balaban J connectivity index is 2.51. The van der Waals surface area contributed by atoms with Crippen molar-refractivity contribution in [2.24, 2.45) is 0 Å². The van der Waals surface area contributed by atoms with Gasteiger partial charge in [0.2, 0.25) is 11.0 Å². The van der Waals surface area contributed by atoms with Crippen LogP contribution in [0.2, 0.25) is 10.4 Å². The van der Waals surface area contributed by atoms with E-state index < -0.39 is 6.10 Å². The Hall–Kier alpha value is -1.76. The van der Waals surface area contributed by atoms with Crippen molar-refractivity contribution in [3.63, 3.8) is 0 Å². The van der Waals surface area contributed by atoms with Crippen LogP contribution in [0.15, 0.2) is 18.3 Å². The Morgan fingerprint density at radius 3 is 2.09 bits per heavy atom. The summed E-state index contributed by atoms with van der Waals surface area (Å²) in [5, 5.41) is 10.6. The van der Waals surface area contributed by atoms with Crippen LogP contribution in [0.1, 0.15) is 17.2 Å². The predicted molar refractivity (Wildman–Crippen MR) is 82.2 cm³/mol. The third kappa shape index (κ3) is 3.19. The number of rotatable bonds is 5. The first-order chi connectivity index (χ1) is 10.5. The van der Waals surface area contributed by atoms with Crippen LogP contribution in [0, 0.1) is 0 Å². The highest BCUT2D eigenvalue weighted by molar-refractivity contribution is 6.32. The highest BCUT2D eigenvalue weighted by Gasteiger charge is 2.21. The second-order valence-electron chi connectivity index (χ2n) is 4.25. The highest BCUT2D eigenvalue weighted by Crippen LogP contribution is 2.41. The molecule has 22 heavy (non-hydrogen) atoms. The van der Waals surface area contributed by atoms with Crippen molar-refractivity contribution >= 4 is 23.2 Å². The zero-order valence-corrected chi connectivity index (χ0v) is 13.6. The Kier molecular flexibility index (Phi) is 5.28. The van der Waals surface area contributed by atoms with E-state index in [2.05, 4.69) is 9.97 Å². The second-order valence-corrected chi connectivity index (χ2v) is 4.94. The smallest absolute Gasteiger partial charge is 0.223 e. The van der Waals surface area contributed by atoms with Gasteiger partial charge in [-0.1, -0.05) is 11.6 Å². The summed E-state index contributed by atoms with van der Waals surface area (Å²) in [6, 6.07) is 3.24. The number of ether oxygens (including phenoxy) is 3. The predicted octanol–water partition coefficient (Wildman–Crippen LogP) is 2.89. The summed E-state index contributed by atoms with van der Waals surface area (Å²) in [6.45, 7) is 0. The van der Waals surface area contributed by atoms with Crippen LogP contribution >= 0.6 is 23.2 Å². The number of methoxy groups -OCH3 is 3. The number of hydrogen-bond acceptors (Lipinski definition) is 6. The fourth-order valence-corrected chi connectivity index (χ4v) is 2.38. The van der Waals surface area contributed by atoms with E-state index in [4.69, 9.17) is 37.4 Å². The van der Waals surface area contributed by atoms with Crippen LogP contribution in [0.4, 0.5) is 0 Å². The molecular formula is C14H14Cl2N2O4. The van der Waals surface area contributed by atoms with E-state index in [1.807, 2.05) is 0 Å². The lowest BCUT2D eigenvalue weighted by atomic mass is 10.0. The minimum Gasteiger partial charge on any atom is -0.493 e. The van der Waals surface area contributed by atoms with E-state index in [1.54, 1.807) is 12.1 Å². The normalized spacial score (nSPS) is 11.9. The number of aromatic nitrogens is 2. The summed E-state index contributed by atoms with van der Waals surface area (Å²) in [7, 11) is 4.48. The molecule has 0 saturated heterocycles. The van der Waals surface area contributed by atoms with Gasteiger partial charge in [-0.3, -0.25) is 0 Å². The lowest BCUT2D eigenvalue weighted by Crippen LogP contribution is -2.05. The zero-order chi connectivity index (χ0) is 16.3. The van der Waals surface area contributed by atoms with Crippen LogP contribution < -0.4 is 14.2 Å². The van der Waals surface area contributed by atoms with Gasteiger partial charge in [0.25, 0.3) is 0 Å². The van der Waals surface area contributed by atoms with Gasteiger partial charge in [-0.25, -0.2) is 9.97 Å². The number of halogens is 2. The van der Waals surface area contributed by atoms with Gasteiger partial charge < -0.3 is 19.3 Å². The van der Waals surface area contributed by atoms with Crippen LogP contribution in [-0.2, 0) is 0 Å². The third-order valence-corrected chi connectivity index (χ3v) is 3.52. The topological polar surface area (TPSA) is 73.7 Å². The fourth-order valence-electron chi connectivity index (χ4n) is 1.97. The summed E-state index contributed by atoms with van der Waals surface area (Å²) in [5.74, 6) is 1.27. The molecule has 1 atom stereocenters. The number of aliphatic hydroxyl groups excluding tert-OH is 1. The van der Waals surface area contributed by atoms with Gasteiger partial charge in [-0.15, -0.1) is 0 Å². The van der Waals surface area contributed by atoms with Crippen molar-refractivity contribution in [3.05, 3.63) is 39.9 Å². The van der Waals surface area contributed by atoms with Gasteiger partial charge >= 0.3 is 0 Å². The molecule has 0 bridgehead atoms. The molecule has 118 valence electrons. The second kappa shape index (κ2) is 7.00. The van der Waals surface area contributed by atoms with Gasteiger partial charge in [0.15, 0.2) is 11.5 Å². The molecule has 0 aliphatic carbocycles. The zero-order valence-electron chi connectivity index (χ0n) is 12.1. The van der Waals surface area contributed by atoms with E-state index in [0.717, 1.165) is 0 Å². The monoisotopic (exact) mass is 344 g/mol. The van der Waals surface area contributed by atoms with Gasteiger partial charge in [-0.2, -0.15) is 0 Å². The number of aliphatic hydroxyl groups is 1. The number of hydrogen-bond donors (Lipinski definition) is 1. The quantitative estimate of drug-likeness (QED) is 0.664. The molecule has 1 unspecified atom stereocenters. The van der Waals surface area contributed by atoms with Crippen molar-refractivity contribution in [2.75, 3.05) is 21.3 Å². The SMILES string of the molecule is COc1cc(C(O)c2cnc(Cl)nc2Cl)cc(OC)c1OC. The van der Waals surface area contributed by atoms with Crippen molar-refractivity contribution < 1.29 is 19.3 Å². The maximum Gasteiger partial charge on any atom is 0.223 e. The van der Waals surface area contributed by atoms with Gasteiger partial charge in [0, 0.05) is 11.8 Å². The first kappa shape index (κ1) is 16.6. The Labute approximate surface area is 137 Å². The number of nitrogens with zero attached hydrogens (tertiary/aromatic N) is 2. The minimum atomic E-state index is -1.07. The molecule has 1 N–H and O–H groups in total. The minimum absolute atomic E-state index is 0.00541. The van der Waals surface area contributed by atoms with Gasteiger partial charge in [0.05, 0.1) is 21.3 Å². The van der Waals surface area contributed by atoms with E-state index >= 15 is 0 Å². The van der Waals surface area contributed by atoms with Crippen LogP contribution in [0.3, 0.4) is 0 Å². The van der Waals surface area contributed by atoms with E-state index in [-0.39, 0.29) is 10.4 Å². The van der Waals surface area contributed by atoms with E-state index in [9.17, 15) is 5.11 Å². The van der Waals surface area contributed by atoms with Crippen LogP contribution in [0.5, 0.6) is 17.2 Å². The van der Waals surface area contributed by atoms with Crippen molar-refractivity contribution in [3.8, 4) is 17.2 Å². The average molecular weight is 345 g/mol. The number of benzene rings is 1. The molecule has 0 saturated carbocycles. The standard InChI is InChI=1S/C14H14Cl2N2O4/c1-20-9-4-7(5-10(21-2)12(9)22-3)11(19)8-6-17-14(16)18-13(8)15/h4-6,11,19H,1-3H3. The molecule has 1 heterocycles. The molecule has 0 amide bonds. The van der Waals surface area contributed by atoms with Crippen molar-refractivity contribution in [2.45, 2.75) is 6.10 Å². The summed E-state index contributed by atoms with van der Waals surface area (Å²) >= 11 is 11.7. The summed E-state index contributed by atoms with van der Waals surface area (Å²) in [4.78, 5) is 7.64. The van der Waals surface area contributed by atoms with E-state index in [0.29, 0.717) is 28.4 Å². The molecule has 1 aromatic heterocycles. The fraction of sp³-hybridized carbons (Fsp3) is 0.286. The van der Waals surface area contributed by atoms with Gasteiger partial charge in [-0.05, 0) is 29.3 Å². The molecule has 6 nitrogen and oxygen atoms in total. The van der Waals surface area contributed by atoms with Gasteiger partial charge in [0.1, 0.15) is 11.3 Å². The molecular weight excluding hydrogens is 331 g/mol. The summed E-state index contributed by atoms with van der Waals surface area (Å²) in [6.07, 6.45) is 0.296. The molecule has 2 aromatic rings. The molecule has 0 aliphatic rings. The molecule has 0 fully saturated rings. The van der Waals surface area contributed by atoms with Crippen LogP contribution in [-0.4, -0.2) is 36.4 Å². The van der Waals surface area contributed by atoms with E-state index in [1.165, 1.54) is 27.5 Å². The maximum absolute atomic E-state index is 10.5. The first-order valence-corrected chi connectivity index (χ1v) is 6.93. The maximum atomic E-state index is 10.5.